The second-order valence-electron chi connectivity index (χ2n) is 27.1. The van der Waals surface area contributed by atoms with E-state index in [0.717, 1.165) is 6.54 Å². The van der Waals surface area contributed by atoms with Gasteiger partial charge < -0.3 is 68.4 Å². The van der Waals surface area contributed by atoms with Crippen LogP contribution in [0.25, 0.3) is 0 Å². The van der Waals surface area contributed by atoms with E-state index in [2.05, 4.69) is 304 Å². The fraction of sp³-hybridized carbons (Fsp3) is 0.545. The monoisotopic (exact) mass is 1880 g/mol. The number of unbranched alkanes of at least 4 members (excludes halogenated alkanes) is 6. The van der Waals surface area contributed by atoms with Crippen LogP contribution >= 0.6 is 0 Å². The molecule has 10 rings (SSSR count). The van der Waals surface area contributed by atoms with Crippen LogP contribution in [-0.2, 0) is 97.4 Å². The van der Waals surface area contributed by atoms with Gasteiger partial charge in [-0.3, -0.25) is 0 Å². The molecule has 0 spiro atoms. The van der Waals surface area contributed by atoms with Gasteiger partial charge in [0.25, 0.3) is 34.9 Å². The van der Waals surface area contributed by atoms with E-state index in [1.165, 1.54) is 112 Å². The average Bonchev–Trinajstić information content (AvgIpc) is 0.818. The Morgan fingerprint density at radius 1 is 0.287 bits per heavy atom. The first-order valence-corrected chi connectivity index (χ1v) is 41.7. The first-order valence-electron chi connectivity index (χ1n) is 36.5. The van der Waals surface area contributed by atoms with Crippen molar-refractivity contribution in [3.63, 3.8) is 0 Å². The Hall–Kier alpha value is -0.449. The van der Waals surface area contributed by atoms with Crippen LogP contribution in [0, 0.1) is 30.3 Å². The van der Waals surface area contributed by atoms with Crippen molar-refractivity contribution in [2.45, 2.75) is 180 Å². The molecule has 0 amide bonds. The Balaban J connectivity index is 0.000000624. The third-order valence-electron chi connectivity index (χ3n) is 20.2. The van der Waals surface area contributed by atoms with Crippen molar-refractivity contribution in [3.05, 3.63) is 152 Å². The smallest absolute Gasteiger partial charge is 0.442 e. The van der Waals surface area contributed by atoms with Crippen LogP contribution < -0.4 is 22.4 Å². The predicted octanol–water partition coefficient (Wildman–Crippen LogP) is 9.59. The SMILES string of the molecule is CB1N(C)[SiH]N(c2[c-]cccc2)B(C)N1C(C)C.CCCCCCN1B(C)N(C)[SiH]N(c2[c-]cccc2)B1C.CCCCCN1B(C)N(C)[SiH]N(c2[c-]cccc2)B1C.CCCCN1B(C)N(C)[SiH]N(c2[c-]cccc2)B1C.CCCN1B(C)N(C)[SiH]N(c2[c-]cccc2)B1C.[Ru+].[Ru+].[Ru+].[Ru+].[Ru+]. The Labute approximate surface area is 699 Å². The fourth-order valence-corrected chi connectivity index (χ4v) is 20.7. The third-order valence-corrected chi connectivity index (χ3v) is 29.0. The molecule has 15 nitrogen and oxygen atoms in total. The quantitative estimate of drug-likeness (QED) is 0.0422. The summed E-state index contributed by atoms with van der Waals surface area (Å²) in [6, 6.07) is 59.0. The molecule has 0 aromatic heterocycles. The summed E-state index contributed by atoms with van der Waals surface area (Å²) in [5.41, 5.74) is 6.13. The molecule has 5 aromatic carbocycles. The molecule has 5 aliphatic rings. The van der Waals surface area contributed by atoms with Gasteiger partial charge in [-0.25, -0.2) is 0 Å². The number of benzene rings is 5. The number of nitrogens with zero attached hydrogens (tertiary/aromatic N) is 15. The first kappa shape index (κ1) is 98.6. The maximum atomic E-state index is 3.39. The normalized spacial score (nSPS) is 17.3. The van der Waals surface area contributed by atoms with Gasteiger partial charge in [-0.2, -0.15) is 121 Å². The fourth-order valence-electron chi connectivity index (χ4n) is 13.7. The molecule has 101 heavy (non-hydrogen) atoms. The van der Waals surface area contributed by atoms with Gasteiger partial charge in [-0.05, 0) is 93.1 Å². The molecule has 5 aromatic rings. The summed E-state index contributed by atoms with van der Waals surface area (Å²) < 4.78 is 37.9. The molecule has 546 valence electrons. The van der Waals surface area contributed by atoms with Gasteiger partial charge in [0.1, 0.15) is 0 Å². The maximum Gasteiger partial charge on any atom is 1.00 e. The van der Waals surface area contributed by atoms with Gasteiger partial charge in [0.05, 0.1) is 0 Å². The number of hydrogen-bond donors (Lipinski definition) is 0. The van der Waals surface area contributed by atoms with E-state index in [4.69, 9.17) is 0 Å². The summed E-state index contributed by atoms with van der Waals surface area (Å²) in [5.74, 6) is 0. The summed E-state index contributed by atoms with van der Waals surface area (Å²) in [4.78, 5) is 0. The largest absolute Gasteiger partial charge is 1.00 e. The molecular weight excluding hydrogens is 1760 g/mol. The standard InChI is InChI=1S/C15H27B2N3Si.C14H25B2N3Si.C13H23B2N3Si.2C12H21B2N3Si.5Ru/c1-5-6-7-11-14-19-16(2)18(4)21-20(17(19)3)15-12-9-8-10-13-15;1-5-6-10-13-18-15(2)17(4)20-19(16(18)3)14-11-8-7-9-12-14;1-5-6-12-17-14(2)16(4)19-18(15(17)3)13-10-8-7-9-11-13;1-11(2)16-13(3)15(5)18-17(14(16)4)12-9-7-6-8-10-12;1-5-11-16-13(2)15(4)18-17(14(16)3)12-9-7-6-8-10-12;;;;;/h8-10,12,21H,5-7,11,14H2,1-4H3;7-9,11,20H,5-6,10,13H2,1-4H3;7-10,19H,5-6,12H2,1-4H3;6-9,11,18H,1-5H3;6-9,18H,5,11H2,1-4H3;;;;;/q5*-1;5*+1. The van der Waals surface area contributed by atoms with Crippen LogP contribution in [0.1, 0.15) is 106 Å². The summed E-state index contributed by atoms with van der Waals surface area (Å²) in [7, 11) is 11.9. The van der Waals surface area contributed by atoms with Crippen LogP contribution in [0.15, 0.2) is 121 Å². The average molecular weight is 1870 g/mol. The maximum absolute atomic E-state index is 3.39. The molecule has 0 aliphatic carbocycles. The van der Waals surface area contributed by atoms with Gasteiger partial charge in [0.15, 0.2) is 0 Å². The van der Waals surface area contributed by atoms with Crippen molar-refractivity contribution in [1.82, 2.24) is 46.0 Å². The minimum Gasteiger partial charge on any atom is -0.442 e. The van der Waals surface area contributed by atoms with Crippen molar-refractivity contribution in [2.24, 2.45) is 0 Å². The van der Waals surface area contributed by atoms with Crippen LogP contribution in [-0.4, -0.2) is 232 Å². The zero-order valence-electron chi connectivity index (χ0n) is 65.2. The topological polar surface area (TPSA) is 48.6 Å². The molecule has 0 saturated carbocycles. The van der Waals surface area contributed by atoms with Crippen LogP contribution in [0.5, 0.6) is 0 Å². The molecule has 10 radical (unpaired) electrons. The van der Waals surface area contributed by atoms with Gasteiger partial charge in [0.2, 0.25) is 49.2 Å². The molecule has 0 bridgehead atoms. The van der Waals surface area contributed by atoms with E-state index in [-0.39, 0.29) is 147 Å². The zero-order valence-corrected chi connectivity index (χ0v) is 79.6. The van der Waals surface area contributed by atoms with E-state index < -0.39 is 0 Å². The molecule has 5 fully saturated rings. The number of anilines is 5. The Morgan fingerprint density at radius 3 is 0.772 bits per heavy atom. The molecule has 0 N–H and O–H groups in total. The van der Waals surface area contributed by atoms with Crippen molar-refractivity contribution >= 4 is 147 Å². The van der Waals surface area contributed by atoms with Gasteiger partial charge >= 0.3 is 132 Å². The molecule has 35 heteroatoms. The molecule has 5 saturated heterocycles. The Kier molecular flexibility index (Phi) is 50.6. The van der Waals surface area contributed by atoms with Crippen molar-refractivity contribution in [1.29, 1.82) is 0 Å². The van der Waals surface area contributed by atoms with E-state index in [1.54, 1.807) is 0 Å². The molecule has 5 heterocycles. The minimum atomic E-state index is 0. The summed E-state index contributed by atoms with van der Waals surface area (Å²) in [5, 5.41) is 0. The van der Waals surface area contributed by atoms with Crippen LogP contribution in [0.2, 0.25) is 68.2 Å². The Bertz CT molecular complexity index is 2900. The first-order chi connectivity index (χ1) is 46.1. The second kappa shape index (κ2) is 51.9. The van der Waals surface area contributed by atoms with Gasteiger partial charge in [0, 0.05) is 0 Å². The van der Waals surface area contributed by atoms with E-state index in [9.17, 15) is 0 Å². The molecule has 5 aliphatic heterocycles. The number of para-hydroxylation sites is 5. The van der Waals surface area contributed by atoms with Gasteiger partial charge in [-0.15, -0.1) is 30.3 Å². The van der Waals surface area contributed by atoms with E-state index >= 15 is 0 Å². The predicted molar refractivity (Wildman–Crippen MR) is 442 cm³/mol. The number of hydrogen-bond acceptors (Lipinski definition) is 15. The molecule has 0 unspecified atom stereocenters. The van der Waals surface area contributed by atoms with Crippen molar-refractivity contribution in [3.8, 4) is 0 Å². The third kappa shape index (κ3) is 28.7. The summed E-state index contributed by atoms with van der Waals surface area (Å²) >= 11 is 0. The second-order valence-corrected chi connectivity index (χ2v) is 35.1. The molecular formula is C66H117B10N15Ru5Si5. The summed E-state index contributed by atoms with van der Waals surface area (Å²) in [6.07, 6.45) is 12.9. The van der Waals surface area contributed by atoms with Gasteiger partial charge in [-0.1, -0.05) is 177 Å². The number of rotatable bonds is 20. The zero-order chi connectivity index (χ0) is 70.0. The minimum absolute atomic E-state index is 0. The van der Waals surface area contributed by atoms with E-state index in [1.807, 2.05) is 60.7 Å². The van der Waals surface area contributed by atoms with Crippen LogP contribution in [0.3, 0.4) is 0 Å². The Morgan fingerprint density at radius 2 is 0.525 bits per heavy atom. The summed E-state index contributed by atoms with van der Waals surface area (Å²) in [6.45, 7) is 46.5. The van der Waals surface area contributed by atoms with Crippen LogP contribution in [0.4, 0.5) is 28.4 Å². The van der Waals surface area contributed by atoms with Crippen molar-refractivity contribution in [2.75, 3.05) is 83.8 Å². The molecule has 0 atom stereocenters. The van der Waals surface area contributed by atoms with Crippen molar-refractivity contribution < 1.29 is 97.4 Å². The van der Waals surface area contributed by atoms with E-state index in [0.29, 0.717) is 75.9 Å².